The highest BCUT2D eigenvalue weighted by atomic mass is 35.5. The smallest absolute Gasteiger partial charge is 0.0994 e. The summed E-state index contributed by atoms with van der Waals surface area (Å²) >= 11 is 5.89. The largest absolute Gasteiger partial charge is 0.282 e. The molecule has 1 aliphatic heterocycles. The lowest BCUT2D eigenvalue weighted by atomic mass is 9.87. The molecule has 0 amide bonds. The van der Waals surface area contributed by atoms with Gasteiger partial charge < -0.3 is 0 Å². The van der Waals surface area contributed by atoms with Crippen LogP contribution in [0.25, 0.3) is 0 Å². The number of fused-ring (bicyclic) bond motifs is 1. The van der Waals surface area contributed by atoms with E-state index in [0.717, 1.165) is 41.3 Å². The molecule has 0 aromatic rings. The van der Waals surface area contributed by atoms with Gasteiger partial charge in [0.1, 0.15) is 0 Å². The van der Waals surface area contributed by atoms with Crippen LogP contribution >= 0.6 is 11.6 Å². The van der Waals surface area contributed by atoms with Crippen molar-refractivity contribution in [3.05, 3.63) is 22.8 Å². The Morgan fingerprint density at radius 3 is 2.82 bits per heavy atom. The van der Waals surface area contributed by atoms with Crippen molar-refractivity contribution in [3.63, 3.8) is 0 Å². The summed E-state index contributed by atoms with van der Waals surface area (Å²) in [5, 5.41) is 0.754. The molecule has 116 valence electrons. The van der Waals surface area contributed by atoms with Crippen molar-refractivity contribution in [1.82, 2.24) is 0 Å². The Kier molecular flexibility index (Phi) is 5.74. The molecule has 3 nitrogen and oxygen atoms in total. The van der Waals surface area contributed by atoms with Crippen molar-refractivity contribution >= 4 is 28.7 Å². The van der Waals surface area contributed by atoms with E-state index in [0.29, 0.717) is 6.54 Å². The molecule has 0 aromatic heterocycles. The third-order valence-corrected chi connectivity index (χ3v) is 4.07. The van der Waals surface area contributed by atoms with Crippen LogP contribution in [0.5, 0.6) is 0 Å². The van der Waals surface area contributed by atoms with Crippen LogP contribution in [-0.2, 0) is 0 Å². The van der Waals surface area contributed by atoms with Crippen molar-refractivity contribution in [1.29, 1.82) is 0 Å². The summed E-state index contributed by atoms with van der Waals surface area (Å²) in [7, 11) is 0. The van der Waals surface area contributed by atoms with Gasteiger partial charge in [0, 0.05) is 17.2 Å². The number of halogens is 1. The third-order valence-electron chi connectivity index (χ3n) is 3.95. The van der Waals surface area contributed by atoms with E-state index in [2.05, 4.69) is 10.9 Å². The minimum absolute atomic E-state index is 0.188. The summed E-state index contributed by atoms with van der Waals surface area (Å²) in [5.41, 5.74) is 4.26. The molecule has 1 saturated carbocycles. The number of hydrogen-bond donors (Lipinski definition) is 0. The predicted molar refractivity (Wildman–Crippen MR) is 96.5 cm³/mol. The molecule has 0 bridgehead atoms. The summed E-state index contributed by atoms with van der Waals surface area (Å²) < 4.78 is 0. The monoisotopic (exact) mass is 315 g/mol. The number of aliphatic imine (C=N–C) groups is 3. The van der Waals surface area contributed by atoms with Gasteiger partial charge in [-0.15, -0.1) is 6.42 Å². The van der Waals surface area contributed by atoms with E-state index in [1.54, 1.807) is 0 Å². The Morgan fingerprint density at radius 1 is 1.36 bits per heavy atom. The Morgan fingerprint density at radius 2 is 2.14 bits per heavy atom. The van der Waals surface area contributed by atoms with Gasteiger partial charge in [-0.2, -0.15) is 0 Å². The lowest BCUT2D eigenvalue weighted by Gasteiger charge is -2.31. The minimum atomic E-state index is 0.188. The molecular weight excluding hydrogens is 294 g/mol. The van der Waals surface area contributed by atoms with Crippen LogP contribution in [0.1, 0.15) is 40.0 Å². The van der Waals surface area contributed by atoms with Crippen LogP contribution < -0.4 is 0 Å². The standard InChI is InChI=1S/C18H22ClN3/c1-5-10-20-15-8-9-16-17(11-15)22-18(14(4)21-16)12(2)6-7-13(3)19/h1,6-7,16-17H,8-11H2,2-4H3/b12-6+,13-7+,20-15?. The summed E-state index contributed by atoms with van der Waals surface area (Å²) in [5.74, 6) is 2.57. The fourth-order valence-electron chi connectivity index (χ4n) is 2.84. The summed E-state index contributed by atoms with van der Waals surface area (Å²) in [6.07, 6.45) is 12.0. The molecule has 1 heterocycles. The van der Waals surface area contributed by atoms with Gasteiger partial charge in [0.05, 0.1) is 30.1 Å². The van der Waals surface area contributed by atoms with Crippen molar-refractivity contribution in [2.45, 2.75) is 52.1 Å². The van der Waals surface area contributed by atoms with Crippen LogP contribution in [0.15, 0.2) is 37.7 Å². The quantitative estimate of drug-likeness (QED) is 0.558. The van der Waals surface area contributed by atoms with E-state index in [9.17, 15) is 0 Å². The fraction of sp³-hybridized carbons (Fsp3) is 0.500. The van der Waals surface area contributed by atoms with Crippen LogP contribution in [0.3, 0.4) is 0 Å². The zero-order chi connectivity index (χ0) is 16.1. The molecule has 0 N–H and O–H groups in total. The molecule has 2 unspecified atom stereocenters. The third kappa shape index (κ3) is 4.18. The van der Waals surface area contributed by atoms with Gasteiger partial charge in [-0.1, -0.05) is 23.6 Å². The number of rotatable bonds is 3. The number of allylic oxidation sites excluding steroid dienone is 4. The van der Waals surface area contributed by atoms with Crippen LogP contribution in [-0.4, -0.2) is 35.8 Å². The molecule has 0 spiro atoms. The van der Waals surface area contributed by atoms with Crippen molar-refractivity contribution in [2.24, 2.45) is 15.0 Å². The van der Waals surface area contributed by atoms with E-state index < -0.39 is 0 Å². The molecule has 0 aromatic carbocycles. The second-order valence-corrected chi connectivity index (χ2v) is 6.36. The Labute approximate surface area is 138 Å². The SMILES string of the molecule is C#CCN=C1CCC2N=C(C)C(/C(C)=C/C=C(\C)Cl)=NC2C1. The lowest BCUT2D eigenvalue weighted by Crippen LogP contribution is -2.38. The summed E-state index contributed by atoms with van der Waals surface area (Å²) in [4.78, 5) is 14.2. The average molecular weight is 316 g/mol. The van der Waals surface area contributed by atoms with Crippen LogP contribution in [0, 0.1) is 12.3 Å². The molecule has 4 heteroatoms. The molecule has 0 radical (unpaired) electrons. The number of terminal acetylenes is 1. The zero-order valence-corrected chi connectivity index (χ0v) is 14.2. The normalized spacial score (nSPS) is 27.9. The first-order valence-electron chi connectivity index (χ1n) is 7.60. The highest BCUT2D eigenvalue weighted by Gasteiger charge is 2.31. The Bertz CT molecular complexity index is 625. The van der Waals surface area contributed by atoms with E-state index in [1.165, 1.54) is 5.71 Å². The van der Waals surface area contributed by atoms with Gasteiger partial charge >= 0.3 is 0 Å². The van der Waals surface area contributed by atoms with E-state index in [1.807, 2.05) is 32.9 Å². The second kappa shape index (κ2) is 7.56. The highest BCUT2D eigenvalue weighted by Crippen LogP contribution is 2.27. The van der Waals surface area contributed by atoms with E-state index in [4.69, 9.17) is 28.0 Å². The Balaban J connectivity index is 2.21. The summed E-state index contributed by atoms with van der Waals surface area (Å²) in [6.45, 7) is 6.40. The lowest BCUT2D eigenvalue weighted by molar-refractivity contribution is 0.484. The minimum Gasteiger partial charge on any atom is -0.282 e. The maximum absolute atomic E-state index is 5.89. The number of hydrogen-bond acceptors (Lipinski definition) is 3. The first-order valence-corrected chi connectivity index (χ1v) is 7.98. The molecule has 1 fully saturated rings. The fourth-order valence-corrected chi connectivity index (χ4v) is 2.91. The molecule has 2 aliphatic rings. The molecule has 2 rings (SSSR count). The van der Waals surface area contributed by atoms with E-state index >= 15 is 0 Å². The van der Waals surface area contributed by atoms with Gasteiger partial charge in [-0.3, -0.25) is 15.0 Å². The van der Waals surface area contributed by atoms with Gasteiger partial charge in [0.15, 0.2) is 0 Å². The van der Waals surface area contributed by atoms with Crippen molar-refractivity contribution in [3.8, 4) is 12.3 Å². The first-order chi connectivity index (χ1) is 10.5. The molecule has 1 aliphatic carbocycles. The maximum atomic E-state index is 5.89. The van der Waals surface area contributed by atoms with Crippen LogP contribution in [0.2, 0.25) is 0 Å². The molecule has 2 atom stereocenters. The Hall–Kier alpha value is -1.66. The average Bonchev–Trinajstić information content (AvgIpc) is 2.49. The first kappa shape index (κ1) is 16.7. The zero-order valence-electron chi connectivity index (χ0n) is 13.4. The van der Waals surface area contributed by atoms with E-state index in [-0.39, 0.29) is 12.1 Å². The molecule has 22 heavy (non-hydrogen) atoms. The second-order valence-electron chi connectivity index (χ2n) is 5.76. The highest BCUT2D eigenvalue weighted by molar-refractivity contribution is 6.48. The maximum Gasteiger partial charge on any atom is 0.0994 e. The molecule has 0 saturated heterocycles. The predicted octanol–water partition coefficient (Wildman–Crippen LogP) is 3.99. The summed E-state index contributed by atoms with van der Waals surface area (Å²) in [6, 6.07) is 0.472. The number of nitrogens with zero attached hydrogens (tertiary/aromatic N) is 3. The van der Waals surface area contributed by atoms with Crippen LogP contribution in [0.4, 0.5) is 0 Å². The van der Waals surface area contributed by atoms with Gasteiger partial charge in [-0.25, -0.2) is 0 Å². The van der Waals surface area contributed by atoms with Gasteiger partial charge in [0.2, 0.25) is 0 Å². The van der Waals surface area contributed by atoms with Gasteiger partial charge in [-0.05, 0) is 45.3 Å². The van der Waals surface area contributed by atoms with Gasteiger partial charge in [0.25, 0.3) is 0 Å². The molecular formula is C18H22ClN3. The topological polar surface area (TPSA) is 37.1 Å². The van der Waals surface area contributed by atoms with Crippen molar-refractivity contribution < 1.29 is 0 Å². The van der Waals surface area contributed by atoms with Crippen molar-refractivity contribution in [2.75, 3.05) is 6.54 Å².